The highest BCUT2D eigenvalue weighted by molar-refractivity contribution is 5.61. The Kier molecular flexibility index (Phi) is 3.16. The number of benzene rings is 1. The zero-order valence-corrected chi connectivity index (χ0v) is 9.26. The van der Waals surface area contributed by atoms with E-state index < -0.39 is 16.7 Å². The first-order chi connectivity index (χ1) is 8.88. The van der Waals surface area contributed by atoms with Crippen LogP contribution < -0.4 is 0 Å². The van der Waals surface area contributed by atoms with Gasteiger partial charge in [-0.3, -0.25) is 10.1 Å². The highest BCUT2D eigenvalue weighted by atomic mass is 19.4. The maximum Gasteiger partial charge on any atom is 0.418 e. The number of nitro benzene ring substituents is 1. The molecule has 0 atom stereocenters. The molecule has 0 aliphatic heterocycles. The van der Waals surface area contributed by atoms with Gasteiger partial charge in [-0.25, -0.2) is 0 Å². The van der Waals surface area contributed by atoms with Gasteiger partial charge >= 0.3 is 6.18 Å². The number of aromatic nitrogens is 2. The van der Waals surface area contributed by atoms with Gasteiger partial charge in [0.1, 0.15) is 0 Å². The Labute approximate surface area is 104 Å². The van der Waals surface area contributed by atoms with E-state index in [4.69, 9.17) is 0 Å². The van der Waals surface area contributed by atoms with E-state index in [2.05, 4.69) is 10.2 Å². The van der Waals surface area contributed by atoms with Crippen LogP contribution in [0.25, 0.3) is 11.3 Å². The van der Waals surface area contributed by atoms with Crippen LogP contribution in [-0.2, 0) is 6.18 Å². The standard InChI is InChI=1S/C11H6F3N3O2/c12-11(13,14)8-5-10(16-15-6-8)7-1-3-9(4-2-7)17(18)19/h1-6H. The lowest BCUT2D eigenvalue weighted by molar-refractivity contribution is -0.384. The fourth-order valence-corrected chi connectivity index (χ4v) is 1.42. The molecule has 8 heteroatoms. The van der Waals surface area contributed by atoms with Crippen LogP contribution in [0.15, 0.2) is 36.5 Å². The Hall–Kier alpha value is -2.51. The Morgan fingerprint density at radius 3 is 2.32 bits per heavy atom. The summed E-state index contributed by atoms with van der Waals surface area (Å²) in [6.07, 6.45) is -3.89. The molecule has 0 fully saturated rings. The van der Waals surface area contributed by atoms with Gasteiger partial charge in [0.2, 0.25) is 0 Å². The number of halogens is 3. The van der Waals surface area contributed by atoms with Crippen molar-refractivity contribution in [3.63, 3.8) is 0 Å². The van der Waals surface area contributed by atoms with Crippen LogP contribution in [0.2, 0.25) is 0 Å². The zero-order valence-electron chi connectivity index (χ0n) is 9.26. The summed E-state index contributed by atoms with van der Waals surface area (Å²) in [5.41, 5.74) is -0.742. The fraction of sp³-hybridized carbons (Fsp3) is 0.0909. The molecule has 0 bridgehead atoms. The minimum absolute atomic E-state index is 0.00437. The van der Waals surface area contributed by atoms with Crippen LogP contribution in [0.5, 0.6) is 0 Å². The molecule has 98 valence electrons. The molecular formula is C11H6F3N3O2. The topological polar surface area (TPSA) is 68.9 Å². The maximum absolute atomic E-state index is 12.5. The van der Waals surface area contributed by atoms with Gasteiger partial charge in [0.25, 0.3) is 5.69 Å². The number of hydrogen-bond acceptors (Lipinski definition) is 4. The van der Waals surface area contributed by atoms with Gasteiger partial charge < -0.3 is 0 Å². The van der Waals surface area contributed by atoms with Crippen molar-refractivity contribution in [3.8, 4) is 11.3 Å². The van der Waals surface area contributed by atoms with Gasteiger partial charge in [0, 0.05) is 17.7 Å². The Morgan fingerprint density at radius 2 is 1.79 bits per heavy atom. The quantitative estimate of drug-likeness (QED) is 0.620. The summed E-state index contributed by atoms with van der Waals surface area (Å²) in [6.45, 7) is 0. The zero-order chi connectivity index (χ0) is 14.0. The number of nitrogens with zero attached hydrogens (tertiary/aromatic N) is 3. The summed E-state index contributed by atoms with van der Waals surface area (Å²) in [7, 11) is 0. The van der Waals surface area contributed by atoms with Gasteiger partial charge in [-0.2, -0.15) is 23.4 Å². The van der Waals surface area contributed by atoms with Crippen molar-refractivity contribution in [2.75, 3.05) is 0 Å². The average molecular weight is 269 g/mol. The first-order valence-corrected chi connectivity index (χ1v) is 5.02. The molecule has 0 N–H and O–H groups in total. The molecule has 0 aliphatic carbocycles. The molecule has 0 saturated heterocycles. The van der Waals surface area contributed by atoms with Crippen molar-refractivity contribution in [2.24, 2.45) is 0 Å². The molecule has 0 saturated carbocycles. The summed E-state index contributed by atoms with van der Waals surface area (Å²) in [5.74, 6) is 0. The van der Waals surface area contributed by atoms with E-state index in [1.807, 2.05) is 0 Å². The van der Waals surface area contributed by atoms with Crippen molar-refractivity contribution in [1.82, 2.24) is 10.2 Å². The number of nitro groups is 1. The second-order valence-electron chi connectivity index (χ2n) is 3.63. The predicted molar refractivity (Wildman–Crippen MR) is 59.1 cm³/mol. The van der Waals surface area contributed by atoms with Gasteiger partial charge in [-0.05, 0) is 18.2 Å². The Bertz CT molecular complexity index is 611. The van der Waals surface area contributed by atoms with Crippen molar-refractivity contribution in [2.45, 2.75) is 6.18 Å². The monoisotopic (exact) mass is 269 g/mol. The van der Waals surface area contributed by atoms with Crippen molar-refractivity contribution in [1.29, 1.82) is 0 Å². The number of hydrogen-bond donors (Lipinski definition) is 0. The van der Waals surface area contributed by atoms with Crippen LogP contribution in [0.3, 0.4) is 0 Å². The summed E-state index contributed by atoms with van der Waals surface area (Å²) in [5, 5.41) is 17.3. The van der Waals surface area contributed by atoms with Gasteiger partial charge in [-0.1, -0.05) is 0 Å². The number of rotatable bonds is 2. The molecule has 0 amide bonds. The molecule has 19 heavy (non-hydrogen) atoms. The van der Waals surface area contributed by atoms with Crippen molar-refractivity contribution in [3.05, 3.63) is 52.2 Å². The van der Waals surface area contributed by atoms with Crippen LogP contribution >= 0.6 is 0 Å². The van der Waals surface area contributed by atoms with E-state index in [0.29, 0.717) is 11.8 Å². The highest BCUT2D eigenvalue weighted by Gasteiger charge is 2.31. The number of non-ortho nitro benzene ring substituents is 1. The first kappa shape index (κ1) is 12.9. The molecule has 0 spiro atoms. The first-order valence-electron chi connectivity index (χ1n) is 5.02. The van der Waals surface area contributed by atoms with Gasteiger partial charge in [0.15, 0.2) is 0 Å². The average Bonchev–Trinajstić information content (AvgIpc) is 2.38. The second kappa shape index (κ2) is 4.63. The molecule has 2 rings (SSSR count). The lowest BCUT2D eigenvalue weighted by Gasteiger charge is -2.06. The summed E-state index contributed by atoms with van der Waals surface area (Å²) < 4.78 is 37.5. The molecule has 5 nitrogen and oxygen atoms in total. The molecular weight excluding hydrogens is 263 g/mol. The van der Waals surface area contributed by atoms with Crippen LogP contribution in [0.4, 0.5) is 18.9 Å². The lowest BCUT2D eigenvalue weighted by atomic mass is 10.1. The van der Waals surface area contributed by atoms with Crippen LogP contribution in [0.1, 0.15) is 5.56 Å². The van der Waals surface area contributed by atoms with E-state index >= 15 is 0 Å². The number of alkyl halides is 3. The molecule has 1 aromatic carbocycles. The van der Waals surface area contributed by atoms with Crippen molar-refractivity contribution >= 4 is 5.69 Å². The summed E-state index contributed by atoms with van der Waals surface area (Å²) >= 11 is 0. The molecule has 0 unspecified atom stereocenters. The smallest absolute Gasteiger partial charge is 0.258 e. The second-order valence-corrected chi connectivity index (χ2v) is 3.63. The Morgan fingerprint density at radius 1 is 1.16 bits per heavy atom. The van der Waals surface area contributed by atoms with E-state index in [0.717, 1.165) is 6.07 Å². The summed E-state index contributed by atoms with van der Waals surface area (Å²) in [4.78, 5) is 9.87. The largest absolute Gasteiger partial charge is 0.418 e. The molecule has 1 heterocycles. The highest BCUT2D eigenvalue weighted by Crippen LogP contribution is 2.30. The van der Waals surface area contributed by atoms with E-state index in [1.165, 1.54) is 24.3 Å². The third-order valence-corrected chi connectivity index (χ3v) is 2.36. The molecule has 1 aromatic heterocycles. The summed E-state index contributed by atoms with van der Waals surface area (Å²) in [6, 6.07) is 5.87. The maximum atomic E-state index is 12.5. The Balaban J connectivity index is 2.39. The van der Waals surface area contributed by atoms with E-state index in [9.17, 15) is 23.3 Å². The van der Waals surface area contributed by atoms with Crippen LogP contribution in [-0.4, -0.2) is 15.1 Å². The van der Waals surface area contributed by atoms with E-state index in [1.54, 1.807) is 0 Å². The van der Waals surface area contributed by atoms with Crippen LogP contribution in [0, 0.1) is 10.1 Å². The SMILES string of the molecule is O=[N+]([O-])c1ccc(-c2cc(C(F)(F)F)cnn2)cc1. The molecule has 0 aliphatic rings. The molecule has 2 aromatic rings. The molecule has 0 radical (unpaired) electrons. The third-order valence-electron chi connectivity index (χ3n) is 2.36. The lowest BCUT2D eigenvalue weighted by Crippen LogP contribution is -2.06. The van der Waals surface area contributed by atoms with Crippen molar-refractivity contribution < 1.29 is 18.1 Å². The van der Waals surface area contributed by atoms with Gasteiger partial charge in [0.05, 0.1) is 22.4 Å². The minimum atomic E-state index is -4.51. The predicted octanol–water partition coefficient (Wildman–Crippen LogP) is 3.07. The minimum Gasteiger partial charge on any atom is -0.258 e. The van der Waals surface area contributed by atoms with Gasteiger partial charge in [-0.15, -0.1) is 0 Å². The van der Waals surface area contributed by atoms with E-state index in [-0.39, 0.29) is 11.4 Å². The third kappa shape index (κ3) is 2.84. The normalized spacial score (nSPS) is 11.3. The fourth-order valence-electron chi connectivity index (χ4n) is 1.42.